The van der Waals surface area contributed by atoms with E-state index in [4.69, 9.17) is 0 Å². The van der Waals surface area contributed by atoms with E-state index in [9.17, 15) is 26.7 Å². The highest BCUT2D eigenvalue weighted by Crippen LogP contribution is 2.38. The number of aromatic nitrogens is 1. The average Bonchev–Trinajstić information content (AvgIpc) is 2.14. The van der Waals surface area contributed by atoms with Gasteiger partial charge < -0.3 is 9.72 Å². The molecule has 16 heavy (non-hydrogen) atoms. The number of methoxy groups -OCH3 is 1. The van der Waals surface area contributed by atoms with Crippen LogP contribution in [0.5, 0.6) is 5.75 Å². The van der Waals surface area contributed by atoms with E-state index in [-0.39, 0.29) is 0 Å². The highest BCUT2D eigenvalue weighted by Gasteiger charge is 2.37. The Labute approximate surface area is 85.8 Å². The van der Waals surface area contributed by atoms with Gasteiger partial charge in [-0.1, -0.05) is 0 Å². The van der Waals surface area contributed by atoms with Gasteiger partial charge in [0.25, 0.3) is 12.0 Å². The van der Waals surface area contributed by atoms with Crippen molar-refractivity contribution >= 4 is 0 Å². The van der Waals surface area contributed by atoms with Crippen LogP contribution in [0, 0.1) is 0 Å². The third kappa shape index (κ3) is 2.15. The van der Waals surface area contributed by atoms with E-state index < -0.39 is 35.0 Å². The zero-order valence-corrected chi connectivity index (χ0v) is 7.86. The van der Waals surface area contributed by atoms with Crippen molar-refractivity contribution in [1.82, 2.24) is 4.98 Å². The van der Waals surface area contributed by atoms with E-state index in [0.717, 1.165) is 7.11 Å². The summed E-state index contributed by atoms with van der Waals surface area (Å²) in [5.41, 5.74) is -4.07. The van der Waals surface area contributed by atoms with E-state index in [1.807, 2.05) is 0 Å². The van der Waals surface area contributed by atoms with Crippen LogP contribution in [0.2, 0.25) is 0 Å². The first kappa shape index (κ1) is 12.5. The summed E-state index contributed by atoms with van der Waals surface area (Å²) >= 11 is 0. The first-order valence-corrected chi connectivity index (χ1v) is 3.94. The normalized spacial score (nSPS) is 11.9. The molecule has 0 aromatic carbocycles. The topological polar surface area (TPSA) is 42.1 Å². The molecule has 0 radical (unpaired) electrons. The lowest BCUT2D eigenvalue weighted by Gasteiger charge is -2.14. The SMILES string of the molecule is COc1c(C(F)(F)F)c[nH]c(=O)c1C(F)F. The first-order valence-electron chi connectivity index (χ1n) is 3.94. The molecule has 3 nitrogen and oxygen atoms in total. The lowest BCUT2D eigenvalue weighted by atomic mass is 10.1. The number of hydrogen-bond donors (Lipinski definition) is 1. The average molecular weight is 243 g/mol. The van der Waals surface area contributed by atoms with Crippen molar-refractivity contribution in [3.8, 4) is 5.75 Å². The molecule has 1 rings (SSSR count). The van der Waals surface area contributed by atoms with E-state index in [1.165, 1.54) is 0 Å². The van der Waals surface area contributed by atoms with Crippen LogP contribution in [0.1, 0.15) is 17.6 Å². The van der Waals surface area contributed by atoms with Crippen LogP contribution in [-0.4, -0.2) is 12.1 Å². The summed E-state index contributed by atoms with van der Waals surface area (Å²) in [5, 5.41) is 0. The minimum atomic E-state index is -4.88. The number of ether oxygens (including phenoxy) is 1. The zero-order chi connectivity index (χ0) is 12.5. The monoisotopic (exact) mass is 243 g/mol. The van der Waals surface area contributed by atoms with Crippen molar-refractivity contribution in [3.05, 3.63) is 27.7 Å². The van der Waals surface area contributed by atoms with Crippen LogP contribution in [-0.2, 0) is 6.18 Å². The molecule has 0 saturated heterocycles. The van der Waals surface area contributed by atoms with Crippen LogP contribution in [0.4, 0.5) is 22.0 Å². The van der Waals surface area contributed by atoms with Crippen LogP contribution >= 0.6 is 0 Å². The molecule has 0 atom stereocenters. The second kappa shape index (κ2) is 4.11. The highest BCUT2D eigenvalue weighted by molar-refractivity contribution is 5.41. The Morgan fingerprint density at radius 3 is 2.31 bits per heavy atom. The molecule has 0 unspecified atom stereocenters. The molecule has 0 fully saturated rings. The molecule has 0 saturated carbocycles. The molecule has 0 amide bonds. The van der Waals surface area contributed by atoms with Crippen molar-refractivity contribution in [2.45, 2.75) is 12.6 Å². The van der Waals surface area contributed by atoms with Crippen molar-refractivity contribution in [2.75, 3.05) is 7.11 Å². The lowest BCUT2D eigenvalue weighted by molar-refractivity contribution is -0.139. The molecule has 0 aliphatic heterocycles. The lowest BCUT2D eigenvalue weighted by Crippen LogP contribution is -2.19. The predicted molar refractivity (Wildman–Crippen MR) is 43.6 cm³/mol. The van der Waals surface area contributed by atoms with Gasteiger partial charge in [-0.15, -0.1) is 0 Å². The molecule has 8 heteroatoms. The molecule has 1 aromatic heterocycles. The fraction of sp³-hybridized carbons (Fsp3) is 0.375. The minimum absolute atomic E-state index is 0.299. The zero-order valence-electron chi connectivity index (χ0n) is 7.86. The third-order valence-corrected chi connectivity index (χ3v) is 1.81. The van der Waals surface area contributed by atoms with Gasteiger partial charge in [0, 0.05) is 6.20 Å². The number of pyridine rings is 1. The Morgan fingerprint density at radius 2 is 1.94 bits per heavy atom. The van der Waals surface area contributed by atoms with Gasteiger partial charge in [0.1, 0.15) is 16.9 Å². The number of aromatic amines is 1. The molecule has 0 bridgehead atoms. The standard InChI is InChI=1S/C8H6F5NO2/c1-16-5-3(8(11,12)13)2-14-7(15)4(5)6(9)10/h2,6H,1H3,(H,14,15). The van der Waals surface area contributed by atoms with Crippen molar-refractivity contribution in [3.63, 3.8) is 0 Å². The van der Waals surface area contributed by atoms with E-state index in [0.29, 0.717) is 6.20 Å². The number of halogens is 5. The Hall–Kier alpha value is -1.60. The van der Waals surface area contributed by atoms with E-state index in [1.54, 1.807) is 4.98 Å². The van der Waals surface area contributed by atoms with Gasteiger partial charge in [-0.3, -0.25) is 4.79 Å². The van der Waals surface area contributed by atoms with Crippen LogP contribution in [0.15, 0.2) is 11.0 Å². The third-order valence-electron chi connectivity index (χ3n) is 1.81. The summed E-state index contributed by atoms with van der Waals surface area (Å²) < 4.78 is 66.1. The maximum Gasteiger partial charge on any atom is 0.421 e. The number of nitrogens with one attached hydrogen (secondary N) is 1. The summed E-state index contributed by atoms with van der Waals surface area (Å²) in [5.74, 6) is -1.15. The van der Waals surface area contributed by atoms with Crippen molar-refractivity contribution in [1.29, 1.82) is 0 Å². The molecule has 1 heterocycles. The molecule has 0 spiro atoms. The van der Waals surface area contributed by atoms with Gasteiger partial charge in [0.15, 0.2) is 0 Å². The first-order chi connectivity index (χ1) is 7.29. The smallest absolute Gasteiger partial charge is 0.421 e. The van der Waals surface area contributed by atoms with E-state index >= 15 is 0 Å². The Bertz CT molecular complexity index is 437. The summed E-state index contributed by atoms with van der Waals surface area (Å²) in [6, 6.07) is 0. The van der Waals surface area contributed by atoms with Gasteiger partial charge in [0.05, 0.1) is 7.11 Å². The summed E-state index contributed by atoms with van der Waals surface area (Å²) in [6.07, 6.45) is -7.92. The van der Waals surface area contributed by atoms with E-state index in [2.05, 4.69) is 4.74 Å². The van der Waals surface area contributed by atoms with Gasteiger partial charge in [-0.25, -0.2) is 8.78 Å². The van der Waals surface area contributed by atoms with Gasteiger partial charge in [0.2, 0.25) is 0 Å². The number of rotatable bonds is 2. The molecule has 0 aliphatic carbocycles. The van der Waals surface area contributed by atoms with Crippen molar-refractivity contribution in [2.24, 2.45) is 0 Å². The fourth-order valence-corrected chi connectivity index (χ4v) is 1.16. The van der Waals surface area contributed by atoms with Gasteiger partial charge in [-0.05, 0) is 0 Å². The summed E-state index contributed by atoms with van der Waals surface area (Å²) in [4.78, 5) is 12.5. The predicted octanol–water partition coefficient (Wildman–Crippen LogP) is 2.34. The number of H-pyrrole nitrogens is 1. The van der Waals surface area contributed by atoms with Crippen LogP contribution in [0.3, 0.4) is 0 Å². The van der Waals surface area contributed by atoms with Crippen LogP contribution < -0.4 is 10.3 Å². The fourth-order valence-electron chi connectivity index (χ4n) is 1.16. The molecule has 90 valence electrons. The molecule has 1 N–H and O–H groups in total. The van der Waals surface area contributed by atoms with Crippen molar-refractivity contribution < 1.29 is 26.7 Å². The largest absolute Gasteiger partial charge is 0.495 e. The Balaban J connectivity index is 3.56. The summed E-state index contributed by atoms with van der Waals surface area (Å²) in [6.45, 7) is 0. The maximum atomic E-state index is 12.4. The van der Waals surface area contributed by atoms with Gasteiger partial charge in [-0.2, -0.15) is 13.2 Å². The van der Waals surface area contributed by atoms with Gasteiger partial charge >= 0.3 is 6.18 Å². The Kier molecular flexibility index (Phi) is 3.20. The highest BCUT2D eigenvalue weighted by atomic mass is 19.4. The molecular formula is C8H6F5NO2. The summed E-state index contributed by atoms with van der Waals surface area (Å²) in [7, 11) is 0.788. The quantitative estimate of drug-likeness (QED) is 0.810. The number of hydrogen-bond acceptors (Lipinski definition) is 2. The van der Waals surface area contributed by atoms with Crippen LogP contribution in [0.25, 0.3) is 0 Å². The number of alkyl halides is 5. The second-order valence-corrected chi connectivity index (χ2v) is 2.78. The second-order valence-electron chi connectivity index (χ2n) is 2.78. The molecular weight excluding hydrogens is 237 g/mol. The molecule has 1 aromatic rings. The Morgan fingerprint density at radius 1 is 1.38 bits per heavy atom. The minimum Gasteiger partial charge on any atom is -0.495 e. The maximum absolute atomic E-state index is 12.4. The molecule has 0 aliphatic rings.